The second kappa shape index (κ2) is 9.01. The second-order valence-corrected chi connectivity index (χ2v) is 7.65. The lowest BCUT2D eigenvalue weighted by atomic mass is 10.2. The normalized spacial score (nSPS) is 16.9. The van der Waals surface area contributed by atoms with Crippen LogP contribution in [0, 0.1) is 0 Å². The minimum absolute atomic E-state index is 0.0214. The first-order chi connectivity index (χ1) is 13.1. The standard InChI is InChI=1S/C20H25N3O3S/c1-22(13-19(24)21-15-6-3-7-16(12-15)26-2)20(25)14-23-10-4-8-17(23)18-9-5-11-27-18/h3,5-7,9,11-12,17H,4,8,10,13-14H2,1-2H3,(H,21,24)/t17-/m1/s1. The highest BCUT2D eigenvalue weighted by Gasteiger charge is 2.29. The molecule has 0 bridgehead atoms. The number of methoxy groups -OCH3 is 1. The molecule has 0 spiro atoms. The van der Waals surface area contributed by atoms with E-state index in [1.807, 2.05) is 12.1 Å². The first-order valence-electron chi connectivity index (χ1n) is 9.02. The number of nitrogens with zero attached hydrogens (tertiary/aromatic N) is 2. The van der Waals surface area contributed by atoms with E-state index in [1.54, 1.807) is 43.7 Å². The quantitative estimate of drug-likeness (QED) is 0.793. The Morgan fingerprint density at radius 3 is 2.93 bits per heavy atom. The van der Waals surface area contributed by atoms with Crippen LogP contribution in [0.4, 0.5) is 5.69 Å². The van der Waals surface area contributed by atoms with Gasteiger partial charge in [0.15, 0.2) is 0 Å². The fraction of sp³-hybridized carbons (Fsp3) is 0.400. The minimum Gasteiger partial charge on any atom is -0.497 e. The van der Waals surface area contributed by atoms with Gasteiger partial charge in [-0.15, -0.1) is 11.3 Å². The highest BCUT2D eigenvalue weighted by atomic mass is 32.1. The molecule has 3 rings (SSSR count). The Labute approximate surface area is 163 Å². The molecule has 0 aliphatic carbocycles. The van der Waals surface area contributed by atoms with E-state index < -0.39 is 0 Å². The lowest BCUT2D eigenvalue weighted by Gasteiger charge is -2.25. The highest BCUT2D eigenvalue weighted by Crippen LogP contribution is 2.34. The zero-order valence-corrected chi connectivity index (χ0v) is 16.5. The van der Waals surface area contributed by atoms with Gasteiger partial charge in [0.1, 0.15) is 5.75 Å². The number of carbonyl (C=O) groups is 2. The molecule has 2 amide bonds. The van der Waals surface area contributed by atoms with Crippen LogP contribution < -0.4 is 10.1 Å². The molecule has 1 saturated heterocycles. The SMILES string of the molecule is COc1cccc(NC(=O)CN(C)C(=O)CN2CCC[C@@H]2c2cccs2)c1. The summed E-state index contributed by atoms with van der Waals surface area (Å²) in [6.07, 6.45) is 2.17. The maximum atomic E-state index is 12.6. The largest absolute Gasteiger partial charge is 0.497 e. The van der Waals surface area contributed by atoms with E-state index in [9.17, 15) is 9.59 Å². The smallest absolute Gasteiger partial charge is 0.243 e. The Bertz CT molecular complexity index is 779. The third kappa shape index (κ3) is 5.08. The van der Waals surface area contributed by atoms with Crippen LogP contribution in [0.25, 0.3) is 0 Å². The Morgan fingerprint density at radius 1 is 1.33 bits per heavy atom. The van der Waals surface area contributed by atoms with Gasteiger partial charge < -0.3 is 15.0 Å². The van der Waals surface area contributed by atoms with Gasteiger partial charge >= 0.3 is 0 Å². The molecule has 2 aromatic rings. The lowest BCUT2D eigenvalue weighted by Crippen LogP contribution is -2.41. The van der Waals surface area contributed by atoms with E-state index in [-0.39, 0.29) is 18.4 Å². The highest BCUT2D eigenvalue weighted by molar-refractivity contribution is 7.10. The molecule has 7 heteroatoms. The van der Waals surface area contributed by atoms with Crippen LogP contribution in [-0.4, -0.2) is 55.4 Å². The number of likely N-dealkylation sites (N-methyl/N-ethyl adjacent to an activating group) is 1. The molecular formula is C20H25N3O3S. The van der Waals surface area contributed by atoms with Crippen molar-refractivity contribution in [1.82, 2.24) is 9.80 Å². The number of amides is 2. The Balaban J connectivity index is 1.51. The molecule has 2 heterocycles. The third-order valence-electron chi connectivity index (χ3n) is 4.73. The van der Waals surface area contributed by atoms with E-state index in [2.05, 4.69) is 21.7 Å². The number of ether oxygens (including phenoxy) is 1. The van der Waals surface area contributed by atoms with E-state index in [0.29, 0.717) is 24.0 Å². The summed E-state index contributed by atoms with van der Waals surface area (Å²) in [5.74, 6) is 0.403. The molecule has 1 atom stereocenters. The van der Waals surface area contributed by atoms with Gasteiger partial charge in [0.2, 0.25) is 11.8 Å². The van der Waals surface area contributed by atoms with Gasteiger partial charge in [0, 0.05) is 29.7 Å². The van der Waals surface area contributed by atoms with Crippen LogP contribution in [0.3, 0.4) is 0 Å². The predicted molar refractivity (Wildman–Crippen MR) is 107 cm³/mol. The minimum atomic E-state index is -0.227. The van der Waals surface area contributed by atoms with Crippen molar-refractivity contribution in [1.29, 1.82) is 0 Å². The van der Waals surface area contributed by atoms with Crippen LogP contribution in [0.15, 0.2) is 41.8 Å². The summed E-state index contributed by atoms with van der Waals surface area (Å²) < 4.78 is 5.15. The molecule has 27 heavy (non-hydrogen) atoms. The number of anilines is 1. The van der Waals surface area contributed by atoms with Crippen LogP contribution in [-0.2, 0) is 9.59 Å². The van der Waals surface area contributed by atoms with Crippen LogP contribution in [0.2, 0.25) is 0 Å². The van der Waals surface area contributed by atoms with Crippen molar-refractivity contribution in [2.45, 2.75) is 18.9 Å². The van der Waals surface area contributed by atoms with E-state index in [4.69, 9.17) is 4.74 Å². The predicted octanol–water partition coefficient (Wildman–Crippen LogP) is 2.99. The Kier molecular flexibility index (Phi) is 6.47. The van der Waals surface area contributed by atoms with Gasteiger partial charge in [-0.1, -0.05) is 12.1 Å². The van der Waals surface area contributed by atoms with Gasteiger partial charge in [0.05, 0.1) is 20.2 Å². The van der Waals surface area contributed by atoms with Crippen molar-refractivity contribution in [2.75, 3.05) is 39.1 Å². The molecular weight excluding hydrogens is 362 g/mol. The van der Waals surface area contributed by atoms with Crippen LogP contribution in [0.1, 0.15) is 23.8 Å². The topological polar surface area (TPSA) is 61.9 Å². The summed E-state index contributed by atoms with van der Waals surface area (Å²) in [7, 11) is 3.25. The fourth-order valence-electron chi connectivity index (χ4n) is 3.32. The number of nitrogens with one attached hydrogen (secondary N) is 1. The molecule has 6 nitrogen and oxygen atoms in total. The van der Waals surface area contributed by atoms with Gasteiger partial charge in [-0.25, -0.2) is 0 Å². The number of benzene rings is 1. The zero-order valence-electron chi connectivity index (χ0n) is 15.7. The molecule has 1 aliphatic rings. The average Bonchev–Trinajstić information content (AvgIpc) is 3.33. The number of rotatable bonds is 7. The summed E-state index contributed by atoms with van der Waals surface area (Å²) in [4.78, 5) is 29.9. The van der Waals surface area contributed by atoms with Crippen LogP contribution >= 0.6 is 11.3 Å². The first kappa shape index (κ1) is 19.4. The van der Waals surface area contributed by atoms with Gasteiger partial charge in [-0.2, -0.15) is 0 Å². The molecule has 0 unspecified atom stereocenters. The van der Waals surface area contributed by atoms with Crippen molar-refractivity contribution in [3.8, 4) is 5.75 Å². The molecule has 1 aromatic carbocycles. The van der Waals surface area contributed by atoms with Crippen molar-refractivity contribution < 1.29 is 14.3 Å². The summed E-state index contributed by atoms with van der Waals surface area (Å²) >= 11 is 1.73. The maximum absolute atomic E-state index is 12.6. The lowest BCUT2D eigenvalue weighted by molar-refractivity contribution is -0.134. The molecule has 1 aliphatic heterocycles. The fourth-order valence-corrected chi connectivity index (χ4v) is 4.21. The van der Waals surface area contributed by atoms with Crippen LogP contribution in [0.5, 0.6) is 5.75 Å². The molecule has 144 valence electrons. The summed E-state index contributed by atoms with van der Waals surface area (Å²) in [6.45, 7) is 1.28. The van der Waals surface area contributed by atoms with Gasteiger partial charge in [-0.3, -0.25) is 14.5 Å². The van der Waals surface area contributed by atoms with Crippen molar-refractivity contribution in [3.63, 3.8) is 0 Å². The summed E-state index contributed by atoms with van der Waals surface area (Å²) in [6, 6.07) is 11.6. The van der Waals surface area contributed by atoms with Crippen molar-refractivity contribution >= 4 is 28.8 Å². The molecule has 1 aromatic heterocycles. The number of thiophene rings is 1. The van der Waals surface area contributed by atoms with Gasteiger partial charge in [-0.05, 0) is 43.0 Å². The number of hydrogen-bond acceptors (Lipinski definition) is 5. The van der Waals surface area contributed by atoms with Crippen molar-refractivity contribution in [3.05, 3.63) is 46.7 Å². The Morgan fingerprint density at radius 2 is 2.19 bits per heavy atom. The molecule has 0 radical (unpaired) electrons. The molecule has 1 N–H and O–H groups in total. The van der Waals surface area contributed by atoms with E-state index >= 15 is 0 Å². The molecule has 1 fully saturated rings. The molecule has 0 saturated carbocycles. The number of hydrogen-bond donors (Lipinski definition) is 1. The average molecular weight is 388 g/mol. The van der Waals surface area contributed by atoms with Gasteiger partial charge in [0.25, 0.3) is 0 Å². The number of carbonyl (C=O) groups excluding carboxylic acids is 2. The monoisotopic (exact) mass is 387 g/mol. The van der Waals surface area contributed by atoms with E-state index in [0.717, 1.165) is 19.4 Å². The maximum Gasteiger partial charge on any atom is 0.243 e. The third-order valence-corrected chi connectivity index (χ3v) is 5.71. The number of likely N-dealkylation sites (tertiary alicyclic amines) is 1. The Hall–Kier alpha value is -2.38. The summed E-state index contributed by atoms with van der Waals surface area (Å²) in [5.41, 5.74) is 0.650. The first-order valence-corrected chi connectivity index (χ1v) is 9.90. The van der Waals surface area contributed by atoms with Crippen molar-refractivity contribution in [2.24, 2.45) is 0 Å². The zero-order chi connectivity index (χ0) is 19.2. The second-order valence-electron chi connectivity index (χ2n) is 6.67. The summed E-state index contributed by atoms with van der Waals surface area (Å²) in [5, 5.41) is 4.87. The van der Waals surface area contributed by atoms with E-state index in [1.165, 1.54) is 9.78 Å².